The van der Waals surface area contributed by atoms with Gasteiger partial charge in [0.25, 0.3) is 5.56 Å². The third-order valence-corrected chi connectivity index (χ3v) is 2.89. The molecule has 3 aromatic rings. The van der Waals surface area contributed by atoms with E-state index in [1.165, 1.54) is 6.20 Å². The van der Waals surface area contributed by atoms with Crippen LogP contribution in [0.2, 0.25) is 0 Å². The number of fused-ring (bicyclic) bond motifs is 1. The highest BCUT2D eigenvalue weighted by Gasteiger charge is 2.10. The number of anilines is 1. The van der Waals surface area contributed by atoms with E-state index in [-0.39, 0.29) is 11.3 Å². The van der Waals surface area contributed by atoms with Gasteiger partial charge >= 0.3 is 0 Å². The molecule has 0 atom stereocenters. The molecule has 0 aliphatic rings. The molecule has 20 heavy (non-hydrogen) atoms. The van der Waals surface area contributed by atoms with E-state index in [4.69, 9.17) is 11.0 Å². The van der Waals surface area contributed by atoms with Gasteiger partial charge in [-0.1, -0.05) is 12.1 Å². The molecule has 96 valence electrons. The number of nitrogens with one attached hydrogen (secondary N) is 1. The molecule has 6 heteroatoms. The lowest BCUT2D eigenvalue weighted by Gasteiger charge is -2.04. The van der Waals surface area contributed by atoms with Crippen molar-refractivity contribution < 1.29 is 0 Å². The van der Waals surface area contributed by atoms with Crippen LogP contribution in [0.3, 0.4) is 0 Å². The molecule has 3 rings (SSSR count). The second kappa shape index (κ2) is 4.48. The molecule has 0 bridgehead atoms. The molecule has 0 spiro atoms. The van der Waals surface area contributed by atoms with Gasteiger partial charge in [-0.3, -0.25) is 4.79 Å². The van der Waals surface area contributed by atoms with Crippen molar-refractivity contribution in [2.24, 2.45) is 0 Å². The number of nitriles is 1. The van der Waals surface area contributed by atoms with Crippen LogP contribution in [0.5, 0.6) is 0 Å². The standard InChI is InChI=1S/C14H9N5O/c15-7-8-2-1-3-9(6-8)11-14(20)19-13-12(18-11)10(16)4-5-17-13/h1-6H,(H3,16,17,19,20). The summed E-state index contributed by atoms with van der Waals surface area (Å²) in [7, 11) is 0. The highest BCUT2D eigenvalue weighted by molar-refractivity contribution is 5.84. The molecule has 3 N–H and O–H groups in total. The maximum Gasteiger partial charge on any atom is 0.276 e. The number of pyridine rings is 1. The monoisotopic (exact) mass is 263 g/mol. The van der Waals surface area contributed by atoms with Crippen molar-refractivity contribution in [1.82, 2.24) is 15.0 Å². The summed E-state index contributed by atoms with van der Waals surface area (Å²) < 4.78 is 0. The molecule has 0 saturated carbocycles. The van der Waals surface area contributed by atoms with Crippen LogP contribution in [0.4, 0.5) is 5.69 Å². The number of aromatic amines is 1. The first-order valence-electron chi connectivity index (χ1n) is 5.84. The topological polar surface area (TPSA) is 108 Å². The minimum atomic E-state index is -0.370. The van der Waals surface area contributed by atoms with Crippen molar-refractivity contribution in [2.45, 2.75) is 0 Å². The molecular formula is C14H9N5O. The Morgan fingerprint density at radius 3 is 2.95 bits per heavy atom. The highest BCUT2D eigenvalue weighted by Crippen LogP contribution is 2.19. The summed E-state index contributed by atoms with van der Waals surface area (Å²) in [6, 6.07) is 10.3. The molecular weight excluding hydrogens is 254 g/mol. The summed E-state index contributed by atoms with van der Waals surface area (Å²) in [4.78, 5) is 23.0. The lowest BCUT2D eigenvalue weighted by molar-refractivity contribution is 1.17. The first kappa shape index (κ1) is 11.9. The van der Waals surface area contributed by atoms with Crippen molar-refractivity contribution in [1.29, 1.82) is 5.26 Å². The number of nitrogens with zero attached hydrogens (tertiary/aromatic N) is 3. The number of aromatic nitrogens is 3. The van der Waals surface area contributed by atoms with Gasteiger partial charge in [-0.2, -0.15) is 5.26 Å². The van der Waals surface area contributed by atoms with Gasteiger partial charge < -0.3 is 10.7 Å². The Labute approximate surface area is 113 Å². The van der Waals surface area contributed by atoms with E-state index in [0.717, 1.165) is 0 Å². The Morgan fingerprint density at radius 1 is 1.30 bits per heavy atom. The zero-order valence-corrected chi connectivity index (χ0v) is 10.3. The Hall–Kier alpha value is -3.20. The minimum Gasteiger partial charge on any atom is -0.397 e. The van der Waals surface area contributed by atoms with Crippen LogP contribution >= 0.6 is 0 Å². The lowest BCUT2D eigenvalue weighted by atomic mass is 10.1. The number of nitrogens with two attached hydrogens (primary N) is 1. The van der Waals surface area contributed by atoms with Gasteiger partial charge in [-0.15, -0.1) is 0 Å². The summed E-state index contributed by atoms with van der Waals surface area (Å²) >= 11 is 0. The predicted octanol–water partition coefficient (Wildman–Crippen LogP) is 1.44. The quantitative estimate of drug-likeness (QED) is 0.690. The number of nitrogen functional groups attached to an aromatic ring is 1. The van der Waals surface area contributed by atoms with Gasteiger partial charge in [-0.25, -0.2) is 9.97 Å². The van der Waals surface area contributed by atoms with Crippen LogP contribution < -0.4 is 11.3 Å². The van der Waals surface area contributed by atoms with E-state index >= 15 is 0 Å². The first-order chi connectivity index (χ1) is 9.69. The molecule has 0 radical (unpaired) electrons. The van der Waals surface area contributed by atoms with E-state index in [1.54, 1.807) is 30.3 Å². The molecule has 0 aliphatic heterocycles. The van der Waals surface area contributed by atoms with Crippen molar-refractivity contribution in [3.63, 3.8) is 0 Å². The maximum atomic E-state index is 12.1. The van der Waals surface area contributed by atoms with E-state index < -0.39 is 0 Å². The largest absolute Gasteiger partial charge is 0.397 e. The second-order valence-corrected chi connectivity index (χ2v) is 4.20. The van der Waals surface area contributed by atoms with Crippen LogP contribution in [0.1, 0.15) is 5.56 Å². The van der Waals surface area contributed by atoms with Crippen LogP contribution in [0.15, 0.2) is 41.3 Å². The smallest absolute Gasteiger partial charge is 0.276 e. The summed E-state index contributed by atoms with van der Waals surface area (Å²) in [5.41, 5.74) is 7.92. The van der Waals surface area contributed by atoms with Crippen LogP contribution in [0.25, 0.3) is 22.4 Å². The molecule has 6 nitrogen and oxygen atoms in total. The highest BCUT2D eigenvalue weighted by atomic mass is 16.1. The molecule has 2 aromatic heterocycles. The minimum absolute atomic E-state index is 0.217. The zero-order chi connectivity index (χ0) is 14.1. The molecule has 0 amide bonds. The third kappa shape index (κ3) is 1.87. The number of benzene rings is 1. The Kier molecular flexibility index (Phi) is 2.66. The summed E-state index contributed by atoms with van der Waals surface area (Å²) in [6.45, 7) is 0. The number of rotatable bonds is 1. The fourth-order valence-electron chi connectivity index (χ4n) is 1.94. The molecule has 0 unspecified atom stereocenters. The zero-order valence-electron chi connectivity index (χ0n) is 10.3. The third-order valence-electron chi connectivity index (χ3n) is 2.89. The van der Waals surface area contributed by atoms with Gasteiger partial charge in [0.05, 0.1) is 17.3 Å². The average molecular weight is 263 g/mol. The van der Waals surface area contributed by atoms with Crippen molar-refractivity contribution in [3.8, 4) is 17.3 Å². The van der Waals surface area contributed by atoms with Gasteiger partial charge in [0.2, 0.25) is 0 Å². The normalized spacial score (nSPS) is 10.3. The van der Waals surface area contributed by atoms with Crippen molar-refractivity contribution in [2.75, 3.05) is 5.73 Å². The van der Waals surface area contributed by atoms with Crippen LogP contribution in [-0.4, -0.2) is 15.0 Å². The van der Waals surface area contributed by atoms with E-state index in [0.29, 0.717) is 28.0 Å². The van der Waals surface area contributed by atoms with Crippen molar-refractivity contribution in [3.05, 3.63) is 52.4 Å². The molecule has 1 aromatic carbocycles. The van der Waals surface area contributed by atoms with Gasteiger partial charge in [0.1, 0.15) is 11.2 Å². The number of hydrogen-bond donors (Lipinski definition) is 2. The average Bonchev–Trinajstić information content (AvgIpc) is 2.47. The molecule has 2 heterocycles. The van der Waals surface area contributed by atoms with Gasteiger partial charge in [0.15, 0.2) is 5.65 Å². The Morgan fingerprint density at radius 2 is 2.15 bits per heavy atom. The first-order valence-corrected chi connectivity index (χ1v) is 5.84. The van der Waals surface area contributed by atoms with Crippen LogP contribution in [-0.2, 0) is 0 Å². The SMILES string of the molecule is N#Cc1cccc(-c2nc3c(N)ccnc3[nH]c2=O)c1. The lowest BCUT2D eigenvalue weighted by Crippen LogP contribution is -2.13. The Balaban J connectivity index is 2.31. The van der Waals surface area contributed by atoms with Crippen molar-refractivity contribution >= 4 is 16.9 Å². The summed E-state index contributed by atoms with van der Waals surface area (Å²) in [6.07, 6.45) is 1.51. The molecule has 0 fully saturated rings. The fraction of sp³-hybridized carbons (Fsp3) is 0. The van der Waals surface area contributed by atoms with E-state index in [2.05, 4.69) is 15.0 Å². The molecule has 0 saturated heterocycles. The maximum absolute atomic E-state index is 12.1. The predicted molar refractivity (Wildman–Crippen MR) is 74.7 cm³/mol. The number of H-pyrrole nitrogens is 1. The molecule has 0 aliphatic carbocycles. The van der Waals surface area contributed by atoms with Gasteiger partial charge in [-0.05, 0) is 18.2 Å². The van der Waals surface area contributed by atoms with Crippen LogP contribution in [0, 0.1) is 11.3 Å². The van der Waals surface area contributed by atoms with Gasteiger partial charge in [0, 0.05) is 11.8 Å². The second-order valence-electron chi connectivity index (χ2n) is 4.20. The summed E-state index contributed by atoms with van der Waals surface area (Å²) in [5.74, 6) is 0. The van der Waals surface area contributed by atoms with E-state index in [1.807, 2.05) is 6.07 Å². The summed E-state index contributed by atoms with van der Waals surface area (Å²) in [5, 5.41) is 8.91. The fourth-order valence-corrected chi connectivity index (χ4v) is 1.94. The number of hydrogen-bond acceptors (Lipinski definition) is 5. The Bertz CT molecular complexity index is 907. The van der Waals surface area contributed by atoms with E-state index in [9.17, 15) is 4.79 Å².